The highest BCUT2D eigenvalue weighted by molar-refractivity contribution is 5.14. The maximum Gasteiger partial charge on any atom is 0.0727 e. The molecule has 0 bridgehead atoms. The summed E-state index contributed by atoms with van der Waals surface area (Å²) in [5.41, 5.74) is 1.34. The largest absolute Gasteiger partial charge is 0.393 e. The molecule has 3 nitrogen and oxygen atoms in total. The van der Waals surface area contributed by atoms with Crippen molar-refractivity contribution < 1.29 is 9.84 Å². The summed E-state index contributed by atoms with van der Waals surface area (Å²) in [6, 6.07) is 10.5. The van der Waals surface area contributed by atoms with E-state index in [9.17, 15) is 5.11 Å². The fourth-order valence-corrected chi connectivity index (χ4v) is 2.38. The lowest BCUT2D eigenvalue weighted by atomic mass is 10.1. The Kier molecular flexibility index (Phi) is 5.17. The fraction of sp³-hybridized carbons (Fsp3) is 0.600. The Morgan fingerprint density at radius 3 is 2.89 bits per heavy atom. The van der Waals surface area contributed by atoms with Crippen LogP contribution in [0.25, 0.3) is 0 Å². The molecule has 1 aromatic carbocycles. The summed E-state index contributed by atoms with van der Waals surface area (Å²) < 4.78 is 5.72. The molecule has 1 aliphatic heterocycles. The lowest BCUT2D eigenvalue weighted by molar-refractivity contribution is -0.0523. The SMILES string of the molecule is CCC(O)CC1CN(Cc2ccccc2)CCO1. The van der Waals surface area contributed by atoms with Gasteiger partial charge in [-0.3, -0.25) is 4.90 Å². The maximum absolute atomic E-state index is 9.69. The molecule has 1 N–H and O–H groups in total. The van der Waals surface area contributed by atoms with E-state index < -0.39 is 0 Å². The van der Waals surface area contributed by atoms with E-state index in [1.807, 2.05) is 13.0 Å². The minimum atomic E-state index is -0.230. The van der Waals surface area contributed by atoms with Crippen LogP contribution in [0.2, 0.25) is 0 Å². The first-order chi connectivity index (χ1) is 8.78. The minimum Gasteiger partial charge on any atom is -0.393 e. The zero-order valence-corrected chi connectivity index (χ0v) is 11.1. The lowest BCUT2D eigenvalue weighted by Gasteiger charge is -2.33. The molecule has 2 atom stereocenters. The van der Waals surface area contributed by atoms with Crippen molar-refractivity contribution in [2.75, 3.05) is 19.7 Å². The number of nitrogens with zero attached hydrogens (tertiary/aromatic N) is 1. The van der Waals surface area contributed by atoms with E-state index in [1.54, 1.807) is 0 Å². The predicted molar refractivity (Wildman–Crippen MR) is 72.4 cm³/mol. The topological polar surface area (TPSA) is 32.7 Å². The van der Waals surface area contributed by atoms with E-state index in [4.69, 9.17) is 4.74 Å². The van der Waals surface area contributed by atoms with Crippen molar-refractivity contribution in [3.05, 3.63) is 35.9 Å². The number of aliphatic hydroxyl groups excluding tert-OH is 1. The summed E-state index contributed by atoms with van der Waals surface area (Å²) in [4.78, 5) is 2.41. The number of benzene rings is 1. The van der Waals surface area contributed by atoms with Gasteiger partial charge in [-0.15, -0.1) is 0 Å². The smallest absolute Gasteiger partial charge is 0.0727 e. The summed E-state index contributed by atoms with van der Waals surface area (Å²) in [6.45, 7) is 5.66. The second-order valence-electron chi connectivity index (χ2n) is 5.01. The third kappa shape index (κ3) is 4.09. The summed E-state index contributed by atoms with van der Waals surface area (Å²) in [5.74, 6) is 0. The number of ether oxygens (including phenoxy) is 1. The van der Waals surface area contributed by atoms with Crippen molar-refractivity contribution in [3.8, 4) is 0 Å². The van der Waals surface area contributed by atoms with Crippen LogP contribution in [0.4, 0.5) is 0 Å². The van der Waals surface area contributed by atoms with E-state index in [-0.39, 0.29) is 12.2 Å². The normalized spacial score (nSPS) is 22.9. The van der Waals surface area contributed by atoms with Crippen LogP contribution in [0, 0.1) is 0 Å². The van der Waals surface area contributed by atoms with Gasteiger partial charge in [0.15, 0.2) is 0 Å². The molecule has 1 saturated heterocycles. The molecule has 1 aliphatic rings. The zero-order chi connectivity index (χ0) is 12.8. The van der Waals surface area contributed by atoms with Gasteiger partial charge in [-0.05, 0) is 12.0 Å². The van der Waals surface area contributed by atoms with Crippen molar-refractivity contribution in [1.29, 1.82) is 0 Å². The Morgan fingerprint density at radius 1 is 1.39 bits per heavy atom. The van der Waals surface area contributed by atoms with Crippen molar-refractivity contribution in [2.24, 2.45) is 0 Å². The van der Waals surface area contributed by atoms with Gasteiger partial charge in [0.1, 0.15) is 0 Å². The molecule has 0 radical (unpaired) electrons. The van der Waals surface area contributed by atoms with Crippen molar-refractivity contribution in [3.63, 3.8) is 0 Å². The highest BCUT2D eigenvalue weighted by Gasteiger charge is 2.22. The third-order valence-corrected chi connectivity index (χ3v) is 3.48. The molecular formula is C15H23NO2. The molecule has 18 heavy (non-hydrogen) atoms. The Labute approximate surface area is 109 Å². The number of hydrogen-bond acceptors (Lipinski definition) is 3. The van der Waals surface area contributed by atoms with Gasteiger partial charge in [-0.1, -0.05) is 37.3 Å². The molecule has 0 aromatic heterocycles. The maximum atomic E-state index is 9.69. The number of morpholine rings is 1. The molecule has 0 saturated carbocycles. The van der Waals surface area contributed by atoms with E-state index in [2.05, 4.69) is 29.2 Å². The average molecular weight is 249 g/mol. The van der Waals surface area contributed by atoms with Crippen LogP contribution in [0.15, 0.2) is 30.3 Å². The Balaban J connectivity index is 1.83. The number of rotatable bonds is 5. The first-order valence-corrected chi connectivity index (χ1v) is 6.84. The van der Waals surface area contributed by atoms with Crippen molar-refractivity contribution >= 4 is 0 Å². The third-order valence-electron chi connectivity index (χ3n) is 3.48. The highest BCUT2D eigenvalue weighted by atomic mass is 16.5. The summed E-state index contributed by atoms with van der Waals surface area (Å²) in [7, 11) is 0. The molecule has 1 aromatic rings. The molecular weight excluding hydrogens is 226 g/mol. The van der Waals surface area contributed by atoms with Gasteiger partial charge < -0.3 is 9.84 Å². The number of hydrogen-bond donors (Lipinski definition) is 1. The van der Waals surface area contributed by atoms with Gasteiger partial charge in [-0.2, -0.15) is 0 Å². The average Bonchev–Trinajstić information content (AvgIpc) is 2.40. The van der Waals surface area contributed by atoms with Crippen molar-refractivity contribution in [1.82, 2.24) is 4.90 Å². The Hall–Kier alpha value is -0.900. The molecule has 0 aliphatic carbocycles. The molecule has 0 amide bonds. The Bertz CT molecular complexity index is 342. The first-order valence-electron chi connectivity index (χ1n) is 6.84. The standard InChI is InChI=1S/C15H23NO2/c1-2-14(17)10-15-12-16(8-9-18-15)11-13-6-4-3-5-7-13/h3-7,14-15,17H,2,8-12H2,1H3. The van der Waals surface area contributed by atoms with Gasteiger partial charge in [0.05, 0.1) is 18.8 Å². The monoisotopic (exact) mass is 249 g/mol. The van der Waals surface area contributed by atoms with Gasteiger partial charge in [-0.25, -0.2) is 0 Å². The van der Waals surface area contributed by atoms with E-state index in [0.29, 0.717) is 0 Å². The fourth-order valence-electron chi connectivity index (χ4n) is 2.38. The summed E-state index contributed by atoms with van der Waals surface area (Å²) in [6.07, 6.45) is 1.50. The molecule has 2 rings (SSSR count). The van der Waals surface area contributed by atoms with Crippen LogP contribution < -0.4 is 0 Å². The van der Waals surface area contributed by atoms with Crippen LogP contribution in [-0.2, 0) is 11.3 Å². The molecule has 3 heteroatoms. The highest BCUT2D eigenvalue weighted by Crippen LogP contribution is 2.14. The van der Waals surface area contributed by atoms with E-state index in [1.165, 1.54) is 5.56 Å². The second-order valence-corrected chi connectivity index (χ2v) is 5.01. The lowest BCUT2D eigenvalue weighted by Crippen LogP contribution is -2.43. The van der Waals surface area contributed by atoms with Crippen LogP contribution in [0.5, 0.6) is 0 Å². The van der Waals surface area contributed by atoms with E-state index in [0.717, 1.165) is 39.1 Å². The van der Waals surface area contributed by atoms with Gasteiger partial charge in [0.25, 0.3) is 0 Å². The molecule has 0 spiro atoms. The van der Waals surface area contributed by atoms with Gasteiger partial charge in [0, 0.05) is 26.1 Å². The number of aliphatic hydroxyl groups is 1. The summed E-state index contributed by atoms with van der Waals surface area (Å²) >= 11 is 0. The Morgan fingerprint density at radius 2 is 2.17 bits per heavy atom. The molecule has 100 valence electrons. The first kappa shape index (κ1) is 13.5. The van der Waals surface area contributed by atoms with Crippen LogP contribution in [-0.4, -0.2) is 41.9 Å². The van der Waals surface area contributed by atoms with Crippen molar-refractivity contribution in [2.45, 2.75) is 38.5 Å². The second kappa shape index (κ2) is 6.88. The summed E-state index contributed by atoms with van der Waals surface area (Å²) in [5, 5.41) is 9.69. The van der Waals surface area contributed by atoms with Crippen LogP contribution >= 0.6 is 0 Å². The molecule has 1 fully saturated rings. The zero-order valence-electron chi connectivity index (χ0n) is 11.1. The quantitative estimate of drug-likeness (QED) is 0.867. The minimum absolute atomic E-state index is 0.178. The van der Waals surface area contributed by atoms with Crippen LogP contribution in [0.1, 0.15) is 25.3 Å². The van der Waals surface area contributed by atoms with Gasteiger partial charge in [0.2, 0.25) is 0 Å². The van der Waals surface area contributed by atoms with Crippen LogP contribution in [0.3, 0.4) is 0 Å². The van der Waals surface area contributed by atoms with E-state index >= 15 is 0 Å². The predicted octanol–water partition coefficient (Wildman–Crippen LogP) is 2.05. The molecule has 1 heterocycles. The molecule has 2 unspecified atom stereocenters. The van der Waals surface area contributed by atoms with Gasteiger partial charge >= 0.3 is 0 Å².